The van der Waals surface area contributed by atoms with Crippen molar-refractivity contribution in [2.45, 2.75) is 6.92 Å². The van der Waals surface area contributed by atoms with E-state index in [9.17, 15) is 4.79 Å². The smallest absolute Gasteiger partial charge is 0.194 e. The summed E-state index contributed by atoms with van der Waals surface area (Å²) in [7, 11) is 1.53. The van der Waals surface area contributed by atoms with Gasteiger partial charge < -0.3 is 4.74 Å². The van der Waals surface area contributed by atoms with Gasteiger partial charge in [0, 0.05) is 15.6 Å². The van der Waals surface area contributed by atoms with Crippen LogP contribution in [-0.4, -0.2) is 12.9 Å². The number of halogens is 2. The number of carbonyl (C=O) groups excluding carboxylic acids is 1. The Hall–Kier alpha value is -1.32. The minimum absolute atomic E-state index is 0.0643. The minimum Gasteiger partial charge on any atom is -0.495 e. The van der Waals surface area contributed by atoms with Crippen molar-refractivity contribution in [3.63, 3.8) is 0 Å². The first-order chi connectivity index (χ1) is 9.04. The van der Waals surface area contributed by atoms with E-state index in [2.05, 4.69) is 15.9 Å². The quantitative estimate of drug-likeness (QED) is 0.761. The van der Waals surface area contributed by atoms with E-state index >= 15 is 0 Å². The maximum absolute atomic E-state index is 12.5. The van der Waals surface area contributed by atoms with Gasteiger partial charge in [0.25, 0.3) is 0 Å². The highest BCUT2D eigenvalue weighted by Gasteiger charge is 2.15. The standard InChI is InChI=1S/C15H12BrClO2/c1-9-4-3-5-11(14(9)16)15(18)10-6-7-12(17)13(8-10)19-2/h3-8H,1-2H3. The summed E-state index contributed by atoms with van der Waals surface area (Å²) >= 11 is 9.41. The molecule has 0 saturated heterocycles. The number of ether oxygens (including phenoxy) is 1. The van der Waals surface area contributed by atoms with Crippen molar-refractivity contribution in [2.24, 2.45) is 0 Å². The number of hydrogen-bond donors (Lipinski definition) is 0. The summed E-state index contributed by atoms with van der Waals surface area (Å²) in [6, 6.07) is 10.6. The third kappa shape index (κ3) is 2.82. The first-order valence-electron chi connectivity index (χ1n) is 5.68. The van der Waals surface area contributed by atoms with Crippen molar-refractivity contribution in [3.05, 3.63) is 62.6 Å². The van der Waals surface area contributed by atoms with E-state index < -0.39 is 0 Å². The van der Waals surface area contributed by atoms with Crippen molar-refractivity contribution in [3.8, 4) is 5.75 Å². The molecule has 0 saturated carbocycles. The molecule has 0 bridgehead atoms. The average Bonchev–Trinajstić information content (AvgIpc) is 2.41. The molecular weight excluding hydrogens is 328 g/mol. The number of hydrogen-bond acceptors (Lipinski definition) is 2. The number of rotatable bonds is 3. The van der Waals surface area contributed by atoms with Gasteiger partial charge in [0.2, 0.25) is 0 Å². The third-order valence-corrected chi connectivity index (χ3v) is 4.21. The molecule has 19 heavy (non-hydrogen) atoms. The van der Waals surface area contributed by atoms with Gasteiger partial charge in [-0.15, -0.1) is 0 Å². The molecule has 2 aromatic carbocycles. The minimum atomic E-state index is -0.0643. The average molecular weight is 340 g/mol. The molecule has 2 aromatic rings. The van der Waals surface area contributed by atoms with Crippen LogP contribution in [0.15, 0.2) is 40.9 Å². The lowest BCUT2D eigenvalue weighted by Gasteiger charge is -2.08. The third-order valence-electron chi connectivity index (χ3n) is 2.85. The van der Waals surface area contributed by atoms with Gasteiger partial charge in [-0.2, -0.15) is 0 Å². The van der Waals surface area contributed by atoms with E-state index in [0.29, 0.717) is 21.9 Å². The van der Waals surface area contributed by atoms with Gasteiger partial charge in [0.05, 0.1) is 12.1 Å². The monoisotopic (exact) mass is 338 g/mol. The van der Waals surface area contributed by atoms with Gasteiger partial charge in [-0.25, -0.2) is 0 Å². The number of carbonyl (C=O) groups is 1. The molecule has 0 spiro atoms. The summed E-state index contributed by atoms with van der Waals surface area (Å²) in [5.74, 6) is 0.432. The summed E-state index contributed by atoms with van der Waals surface area (Å²) in [6.07, 6.45) is 0. The maximum Gasteiger partial charge on any atom is 0.194 e. The van der Waals surface area contributed by atoms with Gasteiger partial charge in [-0.05, 0) is 52.7 Å². The first-order valence-corrected chi connectivity index (χ1v) is 6.85. The van der Waals surface area contributed by atoms with Crippen LogP contribution in [0, 0.1) is 6.92 Å². The Balaban J connectivity index is 2.47. The van der Waals surface area contributed by atoms with Gasteiger partial charge in [-0.1, -0.05) is 23.7 Å². The highest BCUT2D eigenvalue weighted by Crippen LogP contribution is 2.28. The van der Waals surface area contributed by atoms with Crippen LogP contribution in [0.2, 0.25) is 5.02 Å². The molecule has 0 aliphatic heterocycles. The summed E-state index contributed by atoms with van der Waals surface area (Å²) in [4.78, 5) is 12.5. The molecule has 2 rings (SSSR count). The Morgan fingerprint density at radius 1 is 1.26 bits per heavy atom. The van der Waals surface area contributed by atoms with E-state index in [0.717, 1.165) is 10.0 Å². The van der Waals surface area contributed by atoms with Crippen LogP contribution in [-0.2, 0) is 0 Å². The Morgan fingerprint density at radius 2 is 2.00 bits per heavy atom. The molecule has 0 aliphatic rings. The second-order valence-electron chi connectivity index (χ2n) is 4.11. The topological polar surface area (TPSA) is 26.3 Å². The highest BCUT2D eigenvalue weighted by atomic mass is 79.9. The fourth-order valence-corrected chi connectivity index (χ4v) is 2.42. The summed E-state index contributed by atoms with van der Waals surface area (Å²) in [5.41, 5.74) is 2.20. The van der Waals surface area contributed by atoms with Crippen molar-refractivity contribution in [2.75, 3.05) is 7.11 Å². The number of benzene rings is 2. The van der Waals surface area contributed by atoms with Crippen molar-refractivity contribution >= 4 is 33.3 Å². The Kier molecular flexibility index (Phi) is 4.27. The van der Waals surface area contributed by atoms with Crippen LogP contribution in [0.5, 0.6) is 5.75 Å². The van der Waals surface area contributed by atoms with Crippen molar-refractivity contribution in [1.29, 1.82) is 0 Å². The molecule has 0 unspecified atom stereocenters. The number of methoxy groups -OCH3 is 1. The Bertz CT molecular complexity index is 638. The van der Waals surface area contributed by atoms with Crippen LogP contribution in [0.1, 0.15) is 21.5 Å². The summed E-state index contributed by atoms with van der Waals surface area (Å²) < 4.78 is 5.94. The lowest BCUT2D eigenvalue weighted by atomic mass is 10.0. The van der Waals surface area contributed by atoms with Crippen LogP contribution in [0.25, 0.3) is 0 Å². The van der Waals surface area contributed by atoms with Crippen molar-refractivity contribution < 1.29 is 9.53 Å². The van der Waals surface area contributed by atoms with E-state index in [4.69, 9.17) is 16.3 Å². The largest absolute Gasteiger partial charge is 0.495 e. The summed E-state index contributed by atoms with van der Waals surface area (Å²) in [5, 5.41) is 0.488. The van der Waals surface area contributed by atoms with Gasteiger partial charge in [-0.3, -0.25) is 4.79 Å². The summed E-state index contributed by atoms with van der Waals surface area (Å²) in [6.45, 7) is 1.95. The number of aryl methyl sites for hydroxylation is 1. The zero-order valence-electron chi connectivity index (χ0n) is 10.5. The molecule has 0 atom stereocenters. The predicted octanol–water partition coefficient (Wildman–Crippen LogP) is 4.65. The highest BCUT2D eigenvalue weighted by molar-refractivity contribution is 9.10. The van der Waals surface area contributed by atoms with Crippen LogP contribution >= 0.6 is 27.5 Å². The van der Waals surface area contributed by atoms with Crippen molar-refractivity contribution in [1.82, 2.24) is 0 Å². The molecule has 98 valence electrons. The SMILES string of the molecule is COc1cc(C(=O)c2cccc(C)c2Br)ccc1Cl. The molecule has 0 aliphatic carbocycles. The van der Waals surface area contributed by atoms with E-state index in [1.54, 1.807) is 24.3 Å². The van der Waals surface area contributed by atoms with E-state index in [-0.39, 0.29) is 5.78 Å². The first kappa shape index (κ1) is 14.1. The van der Waals surface area contributed by atoms with Gasteiger partial charge >= 0.3 is 0 Å². The van der Waals surface area contributed by atoms with Crippen LogP contribution in [0.3, 0.4) is 0 Å². The second-order valence-corrected chi connectivity index (χ2v) is 5.32. The lowest BCUT2D eigenvalue weighted by Crippen LogP contribution is -2.03. The molecule has 0 fully saturated rings. The lowest BCUT2D eigenvalue weighted by molar-refractivity contribution is 0.103. The van der Waals surface area contributed by atoms with Gasteiger partial charge in [0.15, 0.2) is 5.78 Å². The number of ketones is 1. The van der Waals surface area contributed by atoms with Crippen LogP contribution in [0.4, 0.5) is 0 Å². The fourth-order valence-electron chi connectivity index (χ4n) is 1.78. The zero-order chi connectivity index (χ0) is 14.0. The zero-order valence-corrected chi connectivity index (χ0v) is 12.9. The van der Waals surface area contributed by atoms with E-state index in [1.807, 2.05) is 19.1 Å². The predicted molar refractivity (Wildman–Crippen MR) is 80.3 cm³/mol. The molecule has 0 heterocycles. The van der Waals surface area contributed by atoms with E-state index in [1.165, 1.54) is 7.11 Å². The molecule has 2 nitrogen and oxygen atoms in total. The normalized spacial score (nSPS) is 10.3. The maximum atomic E-state index is 12.5. The fraction of sp³-hybridized carbons (Fsp3) is 0.133. The van der Waals surface area contributed by atoms with Gasteiger partial charge in [0.1, 0.15) is 5.75 Å². The Morgan fingerprint density at radius 3 is 2.68 bits per heavy atom. The second kappa shape index (κ2) is 5.76. The molecule has 4 heteroatoms. The molecular formula is C15H12BrClO2. The van der Waals surface area contributed by atoms with Crippen LogP contribution < -0.4 is 4.74 Å². The molecule has 0 radical (unpaired) electrons. The Labute approximate surface area is 125 Å². The molecule has 0 N–H and O–H groups in total. The molecule has 0 aromatic heterocycles. The molecule has 0 amide bonds.